The third-order valence-electron chi connectivity index (χ3n) is 3.87. The monoisotopic (exact) mass is 340 g/mol. The predicted molar refractivity (Wildman–Crippen MR) is 90.7 cm³/mol. The highest BCUT2D eigenvalue weighted by molar-refractivity contribution is 7.99. The Bertz CT molecular complexity index is 553. The molecule has 0 spiro atoms. The van der Waals surface area contributed by atoms with Crippen LogP contribution in [-0.4, -0.2) is 35.1 Å². The number of amides is 2. The first-order chi connectivity index (χ1) is 10.5. The van der Waals surface area contributed by atoms with Crippen molar-refractivity contribution in [2.24, 2.45) is 11.7 Å². The van der Waals surface area contributed by atoms with Crippen LogP contribution in [0.3, 0.4) is 0 Å². The van der Waals surface area contributed by atoms with Gasteiger partial charge in [0.05, 0.1) is 11.2 Å². The number of nitrogens with zero attached hydrogens (tertiary/aromatic N) is 1. The molecular formula is C16H21ClN2O2S. The van der Waals surface area contributed by atoms with Gasteiger partial charge in [-0.25, -0.2) is 0 Å². The van der Waals surface area contributed by atoms with Gasteiger partial charge in [0.25, 0.3) is 0 Å². The summed E-state index contributed by atoms with van der Waals surface area (Å²) in [4.78, 5) is 25.6. The first-order valence-electron chi connectivity index (χ1n) is 7.41. The van der Waals surface area contributed by atoms with Crippen molar-refractivity contribution >= 4 is 35.2 Å². The molecule has 2 N–H and O–H groups in total. The highest BCUT2D eigenvalue weighted by Crippen LogP contribution is 2.24. The number of likely N-dealkylation sites (tertiary alicyclic amines) is 1. The SMILES string of the molecule is C[C@@H](SCc1cccc(Cl)c1)C(=O)N1CCC[C@H](C(N)=O)C1. The summed E-state index contributed by atoms with van der Waals surface area (Å²) in [7, 11) is 0. The molecule has 0 unspecified atom stereocenters. The van der Waals surface area contributed by atoms with Crippen LogP contribution in [-0.2, 0) is 15.3 Å². The van der Waals surface area contributed by atoms with Crippen molar-refractivity contribution in [2.75, 3.05) is 13.1 Å². The molecule has 0 radical (unpaired) electrons. The van der Waals surface area contributed by atoms with Gasteiger partial charge in [0, 0.05) is 23.9 Å². The molecule has 0 saturated carbocycles. The van der Waals surface area contributed by atoms with E-state index >= 15 is 0 Å². The maximum Gasteiger partial charge on any atom is 0.235 e. The number of benzene rings is 1. The molecule has 1 aromatic carbocycles. The Hall–Kier alpha value is -1.20. The Labute approximate surface area is 140 Å². The van der Waals surface area contributed by atoms with Crippen molar-refractivity contribution in [3.05, 3.63) is 34.9 Å². The molecule has 0 aromatic heterocycles. The number of piperidine rings is 1. The molecule has 1 aliphatic heterocycles. The minimum atomic E-state index is -0.309. The molecule has 6 heteroatoms. The number of primary amides is 1. The van der Waals surface area contributed by atoms with Gasteiger partial charge in [-0.05, 0) is 37.5 Å². The summed E-state index contributed by atoms with van der Waals surface area (Å²) in [5.74, 6) is 0.304. The molecule has 0 aliphatic carbocycles. The summed E-state index contributed by atoms with van der Waals surface area (Å²) >= 11 is 7.55. The molecule has 4 nitrogen and oxygen atoms in total. The normalized spacial score (nSPS) is 19.7. The first-order valence-corrected chi connectivity index (χ1v) is 8.84. The summed E-state index contributed by atoms with van der Waals surface area (Å²) in [6, 6.07) is 7.66. The van der Waals surface area contributed by atoms with Crippen LogP contribution in [0, 0.1) is 5.92 Å². The number of halogens is 1. The molecule has 1 fully saturated rings. The van der Waals surface area contributed by atoms with E-state index in [4.69, 9.17) is 17.3 Å². The average molecular weight is 341 g/mol. The molecule has 1 heterocycles. The molecule has 120 valence electrons. The molecule has 1 saturated heterocycles. The van der Waals surface area contributed by atoms with Crippen LogP contribution in [0.15, 0.2) is 24.3 Å². The predicted octanol–water partition coefficient (Wildman–Crippen LogP) is 2.69. The number of carbonyl (C=O) groups is 2. The third kappa shape index (κ3) is 4.65. The fraction of sp³-hybridized carbons (Fsp3) is 0.500. The van der Waals surface area contributed by atoms with E-state index in [-0.39, 0.29) is 23.0 Å². The fourth-order valence-electron chi connectivity index (χ4n) is 2.59. The van der Waals surface area contributed by atoms with Crippen LogP contribution in [0.5, 0.6) is 0 Å². The van der Waals surface area contributed by atoms with E-state index in [2.05, 4.69) is 0 Å². The van der Waals surface area contributed by atoms with Gasteiger partial charge < -0.3 is 10.6 Å². The van der Waals surface area contributed by atoms with E-state index in [1.165, 1.54) is 0 Å². The number of rotatable bonds is 5. The molecule has 1 aromatic rings. The fourth-order valence-corrected chi connectivity index (χ4v) is 3.71. The number of thioether (sulfide) groups is 1. The van der Waals surface area contributed by atoms with E-state index < -0.39 is 0 Å². The quantitative estimate of drug-likeness (QED) is 0.896. The van der Waals surface area contributed by atoms with E-state index in [9.17, 15) is 9.59 Å². The minimum Gasteiger partial charge on any atom is -0.369 e. The van der Waals surface area contributed by atoms with Gasteiger partial charge >= 0.3 is 0 Å². The molecule has 1 aliphatic rings. The lowest BCUT2D eigenvalue weighted by atomic mass is 9.97. The second-order valence-electron chi connectivity index (χ2n) is 5.61. The first kappa shape index (κ1) is 17.2. The third-order valence-corrected chi connectivity index (χ3v) is 5.31. The summed E-state index contributed by atoms with van der Waals surface area (Å²) in [6.07, 6.45) is 1.62. The number of hydrogen-bond acceptors (Lipinski definition) is 3. The summed E-state index contributed by atoms with van der Waals surface area (Å²) in [6.45, 7) is 3.08. The lowest BCUT2D eigenvalue weighted by molar-refractivity contribution is -0.134. The minimum absolute atomic E-state index is 0.0815. The van der Waals surface area contributed by atoms with Crippen LogP contribution in [0.4, 0.5) is 0 Å². The van der Waals surface area contributed by atoms with Crippen LogP contribution < -0.4 is 5.73 Å². The molecular weight excluding hydrogens is 320 g/mol. The highest BCUT2D eigenvalue weighted by atomic mass is 35.5. The Morgan fingerprint density at radius 1 is 1.50 bits per heavy atom. The smallest absolute Gasteiger partial charge is 0.235 e. The van der Waals surface area contributed by atoms with E-state index in [0.717, 1.165) is 24.2 Å². The summed E-state index contributed by atoms with van der Waals surface area (Å²) < 4.78 is 0. The molecule has 2 amide bonds. The average Bonchev–Trinajstić information content (AvgIpc) is 2.52. The Morgan fingerprint density at radius 3 is 2.95 bits per heavy atom. The van der Waals surface area contributed by atoms with Gasteiger partial charge in [0.15, 0.2) is 0 Å². The zero-order valence-corrected chi connectivity index (χ0v) is 14.2. The van der Waals surface area contributed by atoms with Crippen molar-refractivity contribution < 1.29 is 9.59 Å². The lowest BCUT2D eigenvalue weighted by Crippen LogP contribution is -2.46. The Balaban J connectivity index is 1.87. The number of hydrogen-bond donors (Lipinski definition) is 1. The van der Waals surface area contributed by atoms with Crippen molar-refractivity contribution in [3.63, 3.8) is 0 Å². The van der Waals surface area contributed by atoms with Crippen molar-refractivity contribution in [1.82, 2.24) is 4.90 Å². The molecule has 0 bridgehead atoms. The molecule has 2 atom stereocenters. The molecule has 22 heavy (non-hydrogen) atoms. The Morgan fingerprint density at radius 2 is 2.27 bits per heavy atom. The lowest BCUT2D eigenvalue weighted by Gasteiger charge is -2.32. The maximum atomic E-state index is 12.5. The van der Waals surface area contributed by atoms with Crippen molar-refractivity contribution in [1.29, 1.82) is 0 Å². The van der Waals surface area contributed by atoms with Crippen LogP contribution in [0.1, 0.15) is 25.3 Å². The maximum absolute atomic E-state index is 12.5. The van der Waals surface area contributed by atoms with Gasteiger partial charge in [-0.2, -0.15) is 0 Å². The number of nitrogens with two attached hydrogens (primary N) is 1. The largest absolute Gasteiger partial charge is 0.369 e. The van der Waals surface area contributed by atoms with E-state index in [1.807, 2.05) is 31.2 Å². The second-order valence-corrected chi connectivity index (χ2v) is 7.37. The summed E-state index contributed by atoms with van der Waals surface area (Å²) in [5, 5.41) is 0.558. The van der Waals surface area contributed by atoms with Gasteiger partial charge in [-0.15, -0.1) is 11.8 Å². The topological polar surface area (TPSA) is 63.4 Å². The van der Waals surface area contributed by atoms with E-state index in [1.54, 1.807) is 16.7 Å². The second kappa shape index (κ2) is 7.88. The number of carbonyl (C=O) groups excluding carboxylic acids is 2. The summed E-state index contributed by atoms with van der Waals surface area (Å²) in [5.41, 5.74) is 6.46. The molecule has 2 rings (SSSR count). The van der Waals surface area contributed by atoms with Gasteiger partial charge in [0.2, 0.25) is 11.8 Å². The zero-order chi connectivity index (χ0) is 16.1. The Kier molecular flexibility index (Phi) is 6.15. The van der Waals surface area contributed by atoms with Crippen LogP contribution in [0.25, 0.3) is 0 Å². The van der Waals surface area contributed by atoms with E-state index in [0.29, 0.717) is 18.1 Å². The zero-order valence-electron chi connectivity index (χ0n) is 12.6. The standard InChI is InChI=1S/C16H21ClN2O2S/c1-11(22-10-12-4-2-6-14(17)8-12)16(21)19-7-3-5-13(9-19)15(18)20/h2,4,6,8,11,13H,3,5,7,9-10H2,1H3,(H2,18,20)/t11-,13+/m1/s1. The van der Waals surface area contributed by atoms with Crippen molar-refractivity contribution in [3.8, 4) is 0 Å². The van der Waals surface area contributed by atoms with Crippen LogP contribution in [0.2, 0.25) is 5.02 Å². The highest BCUT2D eigenvalue weighted by Gasteiger charge is 2.29. The van der Waals surface area contributed by atoms with Gasteiger partial charge in [0.1, 0.15) is 0 Å². The van der Waals surface area contributed by atoms with Gasteiger partial charge in [-0.3, -0.25) is 9.59 Å². The van der Waals surface area contributed by atoms with Gasteiger partial charge in [-0.1, -0.05) is 23.7 Å². The van der Waals surface area contributed by atoms with Crippen molar-refractivity contribution in [2.45, 2.75) is 30.8 Å². The van der Waals surface area contributed by atoms with Crippen LogP contribution >= 0.6 is 23.4 Å².